The summed E-state index contributed by atoms with van der Waals surface area (Å²) in [7, 11) is 0. The van der Waals surface area contributed by atoms with Gasteiger partial charge in [0, 0.05) is 22.0 Å². The Morgan fingerprint density at radius 2 is 0.938 bits per heavy atom. The van der Waals surface area contributed by atoms with Gasteiger partial charge in [0.15, 0.2) is 6.23 Å². The van der Waals surface area contributed by atoms with E-state index >= 15 is 0 Å². The van der Waals surface area contributed by atoms with Crippen molar-refractivity contribution < 1.29 is 9.90 Å². The highest BCUT2D eigenvalue weighted by Gasteiger charge is 2.39. The molecule has 0 saturated heterocycles. The molecular weight excluding hydrogens is 588 g/mol. The third-order valence-corrected chi connectivity index (χ3v) is 9.48. The fourth-order valence-corrected chi connectivity index (χ4v) is 7.19. The first kappa shape index (κ1) is 28.0. The van der Waals surface area contributed by atoms with E-state index in [0.717, 1.165) is 60.9 Å². The van der Waals surface area contributed by atoms with Crippen LogP contribution in [-0.4, -0.2) is 15.6 Å². The maximum Gasteiger partial charge on any atom is 0.263 e. The van der Waals surface area contributed by atoms with Crippen molar-refractivity contribution in [2.45, 2.75) is 6.23 Å². The number of aromatic nitrogens is 1. The summed E-state index contributed by atoms with van der Waals surface area (Å²) in [5, 5.41) is 14.0. The van der Waals surface area contributed by atoms with Gasteiger partial charge in [0.1, 0.15) is 0 Å². The van der Waals surface area contributed by atoms with Crippen LogP contribution in [0.5, 0.6) is 0 Å². The summed E-state index contributed by atoms with van der Waals surface area (Å²) in [6, 6.07) is 57.5. The van der Waals surface area contributed by atoms with Crippen molar-refractivity contribution in [2.24, 2.45) is 0 Å². The number of hydrogen-bond donors (Lipinski definition) is 1. The second-order valence-corrected chi connectivity index (χ2v) is 12.2. The van der Waals surface area contributed by atoms with Crippen LogP contribution in [0.2, 0.25) is 0 Å². The smallest absolute Gasteiger partial charge is 0.263 e. The Hall–Kier alpha value is -6.23. The number of aliphatic hydroxyl groups is 1. The van der Waals surface area contributed by atoms with Crippen LogP contribution in [0.4, 0.5) is 5.69 Å². The van der Waals surface area contributed by atoms with Crippen LogP contribution in [0.15, 0.2) is 170 Å². The van der Waals surface area contributed by atoms with Crippen molar-refractivity contribution in [3.8, 4) is 39.1 Å². The van der Waals surface area contributed by atoms with Crippen LogP contribution in [-0.2, 0) is 0 Å². The number of amides is 1. The van der Waals surface area contributed by atoms with Crippen LogP contribution < -0.4 is 4.90 Å². The molecule has 0 fully saturated rings. The van der Waals surface area contributed by atoms with Crippen LogP contribution >= 0.6 is 0 Å². The number of fused-ring (bicyclic) bond motifs is 4. The van der Waals surface area contributed by atoms with Gasteiger partial charge in [0.05, 0.1) is 22.3 Å². The van der Waals surface area contributed by atoms with E-state index in [1.165, 1.54) is 4.90 Å². The van der Waals surface area contributed by atoms with Gasteiger partial charge in [-0.1, -0.05) is 140 Å². The van der Waals surface area contributed by atoms with E-state index in [-0.39, 0.29) is 5.91 Å². The summed E-state index contributed by atoms with van der Waals surface area (Å²) in [5.41, 5.74) is 10.9. The second-order valence-electron chi connectivity index (χ2n) is 12.2. The summed E-state index contributed by atoms with van der Waals surface area (Å²) >= 11 is 0. The Bertz CT molecular complexity index is 2390. The third-order valence-electron chi connectivity index (χ3n) is 9.48. The van der Waals surface area contributed by atoms with Crippen LogP contribution in [0.25, 0.3) is 60.9 Å². The largest absolute Gasteiger partial charge is 0.369 e. The number of anilines is 1. The number of carbonyl (C=O) groups excluding carboxylic acids is 1. The van der Waals surface area contributed by atoms with E-state index in [0.29, 0.717) is 16.8 Å². The van der Waals surface area contributed by atoms with Gasteiger partial charge in [0.25, 0.3) is 5.91 Å². The Morgan fingerprint density at radius 1 is 0.458 bits per heavy atom. The van der Waals surface area contributed by atoms with Gasteiger partial charge in [-0.15, -0.1) is 0 Å². The zero-order valence-electron chi connectivity index (χ0n) is 26.0. The second kappa shape index (κ2) is 11.2. The average molecular weight is 619 g/mol. The van der Waals surface area contributed by atoms with E-state index in [4.69, 9.17) is 0 Å². The van der Waals surface area contributed by atoms with E-state index in [1.54, 1.807) is 0 Å². The molecule has 4 nitrogen and oxygen atoms in total. The van der Waals surface area contributed by atoms with Crippen molar-refractivity contribution in [1.82, 2.24) is 4.57 Å². The van der Waals surface area contributed by atoms with Gasteiger partial charge in [0.2, 0.25) is 0 Å². The highest BCUT2D eigenvalue weighted by atomic mass is 16.3. The molecule has 1 aliphatic rings. The Labute approximate surface area is 278 Å². The first-order valence-electron chi connectivity index (χ1n) is 16.2. The molecule has 2 heterocycles. The molecule has 1 atom stereocenters. The number of hydrogen-bond acceptors (Lipinski definition) is 2. The SMILES string of the molecule is O=C1c2c(cccc2-n2c3cc(-c4ccccc4)ccc3c3ccc(-c4ccccc4)cc32)C(O)N1c1cccc(-c2ccccc2)c1. The van der Waals surface area contributed by atoms with Gasteiger partial charge in [-0.3, -0.25) is 9.69 Å². The predicted molar refractivity (Wildman–Crippen MR) is 195 cm³/mol. The molecule has 9 rings (SSSR count). The van der Waals surface area contributed by atoms with Crippen molar-refractivity contribution in [3.63, 3.8) is 0 Å². The van der Waals surface area contributed by atoms with Gasteiger partial charge in [-0.2, -0.15) is 0 Å². The maximum absolute atomic E-state index is 14.6. The Morgan fingerprint density at radius 3 is 1.48 bits per heavy atom. The number of nitrogens with zero attached hydrogens (tertiary/aromatic N) is 2. The minimum Gasteiger partial charge on any atom is -0.369 e. The number of benzene rings is 7. The van der Waals surface area contributed by atoms with E-state index in [2.05, 4.69) is 65.2 Å². The standard InChI is InChI=1S/C44H30N2O2/c47-43-38-20-11-21-39(42(38)44(48)45(43)35-19-10-18-32(26-35)29-12-4-1-5-13-29)46-40-27-33(30-14-6-2-7-15-30)22-24-36(40)37-25-23-34(28-41(37)46)31-16-8-3-9-17-31/h1-28,43,47H. The van der Waals surface area contributed by atoms with Gasteiger partial charge >= 0.3 is 0 Å². The molecule has 1 aromatic heterocycles. The summed E-state index contributed by atoms with van der Waals surface area (Å²) < 4.78 is 2.21. The highest BCUT2D eigenvalue weighted by molar-refractivity contribution is 6.16. The molecule has 0 bridgehead atoms. The van der Waals surface area contributed by atoms with Crippen LogP contribution in [0.1, 0.15) is 22.1 Å². The summed E-state index contributed by atoms with van der Waals surface area (Å²) in [4.78, 5) is 16.1. The fourth-order valence-electron chi connectivity index (χ4n) is 7.19. The molecule has 0 spiro atoms. The molecule has 1 unspecified atom stereocenters. The van der Waals surface area contributed by atoms with Crippen molar-refractivity contribution >= 4 is 33.4 Å². The molecule has 1 N–H and O–H groups in total. The molecule has 1 amide bonds. The van der Waals surface area contributed by atoms with E-state index in [1.807, 2.05) is 109 Å². The lowest BCUT2D eigenvalue weighted by Crippen LogP contribution is -2.27. The zero-order chi connectivity index (χ0) is 32.2. The lowest BCUT2D eigenvalue weighted by molar-refractivity contribution is 0.0935. The molecule has 0 radical (unpaired) electrons. The average Bonchev–Trinajstić information content (AvgIpc) is 3.62. The van der Waals surface area contributed by atoms with Crippen molar-refractivity contribution in [2.75, 3.05) is 4.90 Å². The molecule has 48 heavy (non-hydrogen) atoms. The lowest BCUT2D eigenvalue weighted by atomic mass is 10.0. The first-order valence-corrected chi connectivity index (χ1v) is 16.2. The molecule has 0 aliphatic carbocycles. The van der Waals surface area contributed by atoms with E-state index in [9.17, 15) is 9.90 Å². The molecule has 4 heteroatoms. The number of aliphatic hydroxyl groups excluding tert-OH is 1. The monoisotopic (exact) mass is 618 g/mol. The van der Waals surface area contributed by atoms with Gasteiger partial charge < -0.3 is 9.67 Å². The minimum absolute atomic E-state index is 0.230. The van der Waals surface area contributed by atoms with Crippen LogP contribution in [0.3, 0.4) is 0 Å². The Balaban J connectivity index is 1.26. The molecule has 228 valence electrons. The van der Waals surface area contributed by atoms with Gasteiger partial charge in [-0.05, 0) is 63.7 Å². The minimum atomic E-state index is -1.12. The van der Waals surface area contributed by atoms with Crippen molar-refractivity contribution in [1.29, 1.82) is 0 Å². The highest BCUT2D eigenvalue weighted by Crippen LogP contribution is 2.43. The number of carbonyl (C=O) groups is 1. The molecule has 7 aromatic carbocycles. The molecule has 1 aliphatic heterocycles. The normalized spacial score (nSPS) is 14.1. The third kappa shape index (κ3) is 4.46. The van der Waals surface area contributed by atoms with Gasteiger partial charge in [-0.25, -0.2) is 0 Å². The Kier molecular flexibility index (Phi) is 6.56. The lowest BCUT2D eigenvalue weighted by Gasteiger charge is -2.21. The number of rotatable bonds is 5. The van der Waals surface area contributed by atoms with E-state index < -0.39 is 6.23 Å². The molecular formula is C44H30N2O2. The maximum atomic E-state index is 14.6. The zero-order valence-corrected chi connectivity index (χ0v) is 26.0. The summed E-state index contributed by atoms with van der Waals surface area (Å²) in [5.74, 6) is -0.230. The van der Waals surface area contributed by atoms with Crippen LogP contribution in [0, 0.1) is 0 Å². The quantitative estimate of drug-likeness (QED) is 0.209. The molecule has 0 saturated carbocycles. The molecule has 8 aromatic rings. The summed E-state index contributed by atoms with van der Waals surface area (Å²) in [6.07, 6.45) is -1.12. The van der Waals surface area contributed by atoms with Crippen molar-refractivity contribution in [3.05, 3.63) is 181 Å². The fraction of sp³-hybridized carbons (Fsp3) is 0.0227. The predicted octanol–water partition coefficient (Wildman–Crippen LogP) is 10.4. The first-order chi connectivity index (χ1) is 23.7. The topological polar surface area (TPSA) is 45.5 Å². The summed E-state index contributed by atoms with van der Waals surface area (Å²) in [6.45, 7) is 0.